The Morgan fingerprint density at radius 1 is 0.527 bits per heavy atom. The van der Waals surface area contributed by atoms with Gasteiger partial charge in [0.25, 0.3) is 0 Å². The number of rotatable bonds is 12. The highest BCUT2D eigenvalue weighted by molar-refractivity contribution is 7.92. The van der Waals surface area contributed by atoms with Crippen molar-refractivity contribution in [1.29, 1.82) is 0 Å². The SMILES string of the molecule is CC1(C)CCc2cc(OCc3cc4onc(N(C(=O)OC(C)(C)C)C(=O)OC(C)(C)C)c4cc3Cl)ccc2C1.CC1(C)CCc2cc(OCc3cc4onc(N)c4cc3Cl)ccc2C1.CC1(C)CCc2cc(OCc3cc4onc(NS(C)(=O)=O)c4cc3Cl)ccc2C1. The number of nitrogens with one attached hydrogen (secondary N) is 1. The van der Waals surface area contributed by atoms with Crippen LogP contribution in [0.2, 0.25) is 15.1 Å². The number of carbonyl (C=O) groups excluding carboxylic acids is 2. The number of anilines is 3. The van der Waals surface area contributed by atoms with E-state index in [1.165, 1.54) is 46.2 Å². The monoisotopic (exact) mass is 1350 g/mol. The molecule has 12 rings (SSSR count). The topological polar surface area (TPSA) is 234 Å². The van der Waals surface area contributed by atoms with Crippen LogP contribution in [0.15, 0.2) is 105 Å². The number of nitrogens with two attached hydrogens (primary N) is 1. The minimum atomic E-state index is -3.46. The lowest BCUT2D eigenvalue weighted by atomic mass is 9.74. The van der Waals surface area contributed by atoms with E-state index < -0.39 is 33.4 Å². The molecule has 0 bridgehead atoms. The molecule has 9 aromatic rings. The predicted octanol–water partition coefficient (Wildman–Crippen LogP) is 18.4. The first-order valence-corrected chi connectivity index (χ1v) is 34.0. The zero-order valence-electron chi connectivity index (χ0n) is 55.0. The van der Waals surface area contributed by atoms with E-state index >= 15 is 0 Å². The molecule has 6 aromatic carbocycles. The Kier molecular flexibility index (Phi) is 19.5. The third-order valence-corrected chi connectivity index (χ3v) is 18.1. The van der Waals surface area contributed by atoms with Crippen molar-refractivity contribution < 1.29 is 55.3 Å². The molecule has 494 valence electrons. The number of carbonyl (C=O) groups is 2. The van der Waals surface area contributed by atoms with Crippen LogP contribution in [-0.2, 0) is 77.8 Å². The number of nitrogens with zero attached hydrogens (tertiary/aromatic N) is 4. The molecule has 18 nitrogen and oxygen atoms in total. The molecule has 93 heavy (non-hydrogen) atoms. The van der Waals surface area contributed by atoms with Gasteiger partial charge in [0.05, 0.1) is 22.4 Å². The fourth-order valence-corrected chi connectivity index (χ4v) is 12.8. The summed E-state index contributed by atoms with van der Waals surface area (Å²) in [5.74, 6) is 2.84. The zero-order chi connectivity index (χ0) is 67.2. The van der Waals surface area contributed by atoms with Crippen molar-refractivity contribution in [3.8, 4) is 17.2 Å². The summed E-state index contributed by atoms with van der Waals surface area (Å²) >= 11 is 19.4. The average Bonchev–Trinajstić information content (AvgIpc) is 1.71. The van der Waals surface area contributed by atoms with Crippen molar-refractivity contribution in [2.24, 2.45) is 16.2 Å². The number of fused-ring (bicyclic) bond motifs is 6. The number of ether oxygens (including phenoxy) is 5. The van der Waals surface area contributed by atoms with Gasteiger partial charge in [-0.15, -0.1) is 0 Å². The van der Waals surface area contributed by atoms with Crippen LogP contribution in [0.5, 0.6) is 17.2 Å². The summed E-state index contributed by atoms with van der Waals surface area (Å²) in [4.78, 5) is 26.8. The summed E-state index contributed by atoms with van der Waals surface area (Å²) in [7, 11) is -3.46. The average molecular weight is 1350 g/mol. The molecular formula is C71H81Cl3N6O12S. The standard InChI is InChI=1S/C30H37ClN2O6.C21H23ClN2O4S.C20H21ClN2O2/c1-28(2,3)37-26(34)33(27(35)38-29(4,5)6)25-22-15-23(31)20(14-24(22)39-32-25)17-36-21-10-9-19-16-30(7,8)12-11-18(19)13-21;1-21(2)7-6-13-8-16(5-4-14(13)11-21)27-12-15-9-19-17(10-18(15)22)20(23-28-19)24-29(3,25)26;1-20(2)6-5-12-7-15(4-3-13(12)10-20)24-11-14-8-18-16(9-17(14)21)19(22)23-25-18/h9-10,13-15H,11-12,16-17H2,1-8H3;4-5,8-10H,6-7,11-12H2,1-3H3,(H,23,24);3-4,7-9H,5-6,10-11H2,1-2H3,(H2,22,23). The lowest BCUT2D eigenvalue weighted by molar-refractivity contribution is 0.0427. The van der Waals surface area contributed by atoms with Crippen molar-refractivity contribution in [2.45, 2.75) is 172 Å². The molecule has 0 atom stereocenters. The highest BCUT2D eigenvalue weighted by Crippen LogP contribution is 2.41. The lowest BCUT2D eigenvalue weighted by Crippen LogP contribution is -2.44. The molecule has 0 radical (unpaired) electrons. The van der Waals surface area contributed by atoms with Crippen molar-refractivity contribution in [1.82, 2.24) is 15.5 Å². The van der Waals surface area contributed by atoms with E-state index in [9.17, 15) is 18.0 Å². The lowest BCUT2D eigenvalue weighted by Gasteiger charge is -2.31. The molecule has 0 saturated carbocycles. The quantitative estimate of drug-likeness (QED) is 0.116. The number of hydrogen-bond acceptors (Lipinski definition) is 16. The van der Waals surface area contributed by atoms with Gasteiger partial charge in [-0.25, -0.2) is 18.0 Å². The molecule has 2 amide bonds. The van der Waals surface area contributed by atoms with Crippen LogP contribution >= 0.6 is 34.8 Å². The van der Waals surface area contributed by atoms with Crippen LogP contribution < -0.4 is 29.6 Å². The van der Waals surface area contributed by atoms with Crippen molar-refractivity contribution in [3.05, 3.63) is 156 Å². The van der Waals surface area contributed by atoms with Gasteiger partial charge in [-0.05, 0) is 222 Å². The summed E-state index contributed by atoms with van der Waals surface area (Å²) in [6.45, 7) is 24.9. The third-order valence-electron chi connectivity index (χ3n) is 16.5. The molecule has 3 N–H and O–H groups in total. The predicted molar refractivity (Wildman–Crippen MR) is 365 cm³/mol. The Balaban J connectivity index is 0.000000157. The van der Waals surface area contributed by atoms with Gasteiger partial charge in [0.15, 0.2) is 34.2 Å². The number of aromatic nitrogens is 3. The third kappa shape index (κ3) is 17.4. The fourth-order valence-electron chi connectivity index (χ4n) is 11.6. The van der Waals surface area contributed by atoms with Gasteiger partial charge in [0, 0.05) is 31.8 Å². The number of hydrogen-bond donors (Lipinski definition) is 2. The van der Waals surface area contributed by atoms with E-state index in [0.29, 0.717) is 76.8 Å². The van der Waals surface area contributed by atoms with Crippen molar-refractivity contribution in [2.75, 3.05) is 21.6 Å². The Morgan fingerprint density at radius 2 is 0.882 bits per heavy atom. The number of aryl methyl sites for hydroxylation is 3. The van der Waals surface area contributed by atoms with E-state index in [-0.39, 0.29) is 24.8 Å². The normalized spacial score (nSPS) is 15.5. The molecule has 0 fully saturated rings. The first-order valence-electron chi connectivity index (χ1n) is 31.0. The van der Waals surface area contributed by atoms with E-state index in [1.54, 1.807) is 71.9 Å². The molecule has 3 aromatic heterocycles. The van der Waals surface area contributed by atoms with Gasteiger partial charge >= 0.3 is 12.2 Å². The van der Waals surface area contributed by atoms with Gasteiger partial charge in [0.2, 0.25) is 10.0 Å². The Bertz CT molecular complexity index is 4380. The van der Waals surface area contributed by atoms with Crippen LogP contribution in [0, 0.1) is 16.2 Å². The first-order chi connectivity index (χ1) is 43.5. The molecule has 22 heteroatoms. The maximum atomic E-state index is 13.0. The molecule has 0 unspecified atom stereocenters. The van der Waals surface area contributed by atoms with Crippen molar-refractivity contribution in [3.63, 3.8) is 0 Å². The minimum absolute atomic E-state index is 0.0690. The molecule has 3 aliphatic carbocycles. The molecule has 0 spiro atoms. The molecule has 0 saturated heterocycles. The highest BCUT2D eigenvalue weighted by Gasteiger charge is 2.37. The van der Waals surface area contributed by atoms with Gasteiger partial charge in [-0.3, -0.25) is 4.72 Å². The first kappa shape index (κ1) is 68.2. The Morgan fingerprint density at radius 3 is 1.28 bits per heavy atom. The molecular weight excluding hydrogens is 1270 g/mol. The molecule has 0 aliphatic heterocycles. The second-order valence-electron chi connectivity index (χ2n) is 28.8. The zero-order valence-corrected chi connectivity index (χ0v) is 58.0. The number of imide groups is 1. The van der Waals surface area contributed by atoms with Gasteiger partial charge in [-0.2, -0.15) is 4.90 Å². The minimum Gasteiger partial charge on any atom is -0.489 e. The Hall–Kier alpha value is -7.71. The van der Waals surface area contributed by atoms with E-state index in [1.807, 2.05) is 24.3 Å². The number of halogens is 3. The number of sulfonamides is 1. The van der Waals surface area contributed by atoms with Crippen LogP contribution in [0.4, 0.5) is 27.0 Å². The van der Waals surface area contributed by atoms with E-state index in [4.69, 9.17) is 77.8 Å². The fraction of sp³-hybridized carbons (Fsp3) is 0.423. The summed E-state index contributed by atoms with van der Waals surface area (Å²) in [5, 5.41) is 14.6. The number of benzene rings is 6. The van der Waals surface area contributed by atoms with Crippen molar-refractivity contribution >= 4 is 107 Å². The van der Waals surface area contributed by atoms with Gasteiger partial charge in [0.1, 0.15) is 48.3 Å². The second-order valence-corrected chi connectivity index (χ2v) is 31.7. The van der Waals surface area contributed by atoms with Crippen LogP contribution in [0.3, 0.4) is 0 Å². The summed E-state index contributed by atoms with van der Waals surface area (Å²) in [5.41, 5.74) is 17.0. The summed E-state index contributed by atoms with van der Waals surface area (Å²) in [6.07, 6.45) is 9.14. The number of nitrogen functional groups attached to an aromatic ring is 1. The second kappa shape index (κ2) is 26.6. The molecule has 3 aliphatic rings. The van der Waals surface area contributed by atoms with Crippen LogP contribution in [0.25, 0.3) is 32.9 Å². The summed E-state index contributed by atoms with van der Waals surface area (Å²) in [6, 6.07) is 29.1. The maximum absolute atomic E-state index is 13.0. The van der Waals surface area contributed by atoms with Crippen LogP contribution in [0.1, 0.15) is 152 Å². The summed E-state index contributed by atoms with van der Waals surface area (Å²) < 4.78 is 70.1. The highest BCUT2D eigenvalue weighted by atomic mass is 35.5. The van der Waals surface area contributed by atoms with Gasteiger partial charge in [-0.1, -0.05) is 110 Å². The van der Waals surface area contributed by atoms with Crippen LogP contribution in [-0.4, -0.2) is 53.5 Å². The maximum Gasteiger partial charge on any atom is 0.425 e. The number of amides is 2. The van der Waals surface area contributed by atoms with Gasteiger partial charge < -0.3 is 43.0 Å². The van der Waals surface area contributed by atoms with E-state index in [0.717, 1.165) is 89.9 Å². The smallest absolute Gasteiger partial charge is 0.425 e. The van der Waals surface area contributed by atoms with E-state index in [2.05, 4.69) is 98.1 Å². The largest absolute Gasteiger partial charge is 0.489 e. The molecule has 3 heterocycles. The Labute approximate surface area is 558 Å².